The van der Waals surface area contributed by atoms with Gasteiger partial charge in [0.05, 0.1) is 24.3 Å². The van der Waals surface area contributed by atoms with Crippen molar-refractivity contribution in [1.29, 1.82) is 0 Å². The number of aromatic carboxylic acids is 1. The molecule has 0 aliphatic carbocycles. The van der Waals surface area contributed by atoms with Crippen molar-refractivity contribution < 1.29 is 24.5 Å². The van der Waals surface area contributed by atoms with E-state index in [1.165, 1.54) is 0 Å². The number of unbranched alkanes of at least 4 members (excludes halogenated alkanes) is 2. The zero-order valence-corrected chi connectivity index (χ0v) is 17.9. The quantitative estimate of drug-likeness (QED) is 0.464. The molecule has 2 aromatic carbocycles. The lowest BCUT2D eigenvalue weighted by atomic mass is 9.96. The summed E-state index contributed by atoms with van der Waals surface area (Å²) in [7, 11) is 0. The van der Waals surface area contributed by atoms with Crippen LogP contribution in [0.5, 0.6) is 0 Å². The number of aliphatic hydroxyl groups is 1. The molecule has 166 valence electrons. The molecule has 1 saturated heterocycles. The van der Waals surface area contributed by atoms with E-state index in [2.05, 4.69) is 12.2 Å². The van der Waals surface area contributed by atoms with Gasteiger partial charge < -0.3 is 20.3 Å². The van der Waals surface area contributed by atoms with Crippen LogP contribution in [0.4, 0.5) is 0 Å². The molecule has 0 aromatic heterocycles. The van der Waals surface area contributed by atoms with Crippen molar-refractivity contribution >= 4 is 11.9 Å². The van der Waals surface area contributed by atoms with Gasteiger partial charge >= 0.3 is 5.97 Å². The first-order valence-electron chi connectivity index (χ1n) is 11.0. The Balaban J connectivity index is 1.79. The minimum atomic E-state index is -0.991. The molecular weight excluding hydrogens is 394 g/mol. The lowest BCUT2D eigenvalue weighted by molar-refractivity contribution is -0.119. The smallest absolute Gasteiger partial charge is 0.335 e. The summed E-state index contributed by atoms with van der Waals surface area (Å²) in [6, 6.07) is 14.3. The molecule has 31 heavy (non-hydrogen) atoms. The van der Waals surface area contributed by atoms with Crippen LogP contribution in [0.2, 0.25) is 0 Å². The number of carboxylic acids is 1. The van der Waals surface area contributed by atoms with Crippen LogP contribution in [0, 0.1) is 0 Å². The van der Waals surface area contributed by atoms with E-state index in [9.17, 15) is 19.8 Å². The second-order valence-electron chi connectivity index (χ2n) is 8.13. The number of carboxylic acid groups (broad SMARTS) is 1. The Morgan fingerprint density at radius 3 is 2.52 bits per heavy atom. The molecule has 1 aliphatic rings. The molecule has 3 N–H and O–H groups in total. The van der Waals surface area contributed by atoms with Crippen LogP contribution in [-0.4, -0.2) is 34.7 Å². The minimum absolute atomic E-state index is 0.0273. The molecule has 2 aromatic rings. The van der Waals surface area contributed by atoms with E-state index in [4.69, 9.17) is 4.74 Å². The number of carbonyl (C=O) groups is 2. The van der Waals surface area contributed by atoms with Crippen molar-refractivity contribution in [2.24, 2.45) is 0 Å². The lowest BCUT2D eigenvalue weighted by Crippen LogP contribution is -2.30. The van der Waals surface area contributed by atoms with Crippen molar-refractivity contribution in [2.75, 3.05) is 6.61 Å². The first-order valence-corrected chi connectivity index (χ1v) is 11.0. The van der Waals surface area contributed by atoms with Crippen molar-refractivity contribution in [3.63, 3.8) is 0 Å². The summed E-state index contributed by atoms with van der Waals surface area (Å²) in [4.78, 5) is 22.9. The van der Waals surface area contributed by atoms with Gasteiger partial charge in [-0.1, -0.05) is 62.6 Å². The normalized spacial score (nSPS) is 17.9. The van der Waals surface area contributed by atoms with E-state index in [1.807, 2.05) is 30.3 Å². The molecule has 3 rings (SSSR count). The zero-order chi connectivity index (χ0) is 22.2. The van der Waals surface area contributed by atoms with Crippen LogP contribution in [0.1, 0.15) is 84.7 Å². The van der Waals surface area contributed by atoms with E-state index in [1.54, 1.807) is 18.2 Å². The third-order valence-electron chi connectivity index (χ3n) is 5.69. The number of rotatable bonds is 11. The third-order valence-corrected chi connectivity index (χ3v) is 5.69. The van der Waals surface area contributed by atoms with Gasteiger partial charge in [-0.3, -0.25) is 4.79 Å². The number of ether oxygens (including phenoxy) is 1. The monoisotopic (exact) mass is 425 g/mol. The van der Waals surface area contributed by atoms with Gasteiger partial charge in [-0.05, 0) is 41.7 Å². The van der Waals surface area contributed by atoms with Crippen LogP contribution < -0.4 is 5.32 Å². The van der Waals surface area contributed by atoms with Crippen LogP contribution in [0.15, 0.2) is 48.5 Å². The van der Waals surface area contributed by atoms with Crippen molar-refractivity contribution in [2.45, 2.75) is 63.7 Å². The van der Waals surface area contributed by atoms with Gasteiger partial charge in [-0.15, -0.1) is 0 Å². The van der Waals surface area contributed by atoms with Crippen LogP contribution in [0.25, 0.3) is 0 Å². The van der Waals surface area contributed by atoms with Crippen LogP contribution in [0.3, 0.4) is 0 Å². The highest BCUT2D eigenvalue weighted by molar-refractivity contribution is 5.87. The second kappa shape index (κ2) is 11.1. The van der Waals surface area contributed by atoms with Crippen LogP contribution >= 0.6 is 0 Å². The lowest BCUT2D eigenvalue weighted by Gasteiger charge is -2.22. The maximum absolute atomic E-state index is 11.5. The first-order chi connectivity index (χ1) is 15.0. The predicted molar refractivity (Wildman–Crippen MR) is 118 cm³/mol. The van der Waals surface area contributed by atoms with Crippen molar-refractivity contribution in [3.05, 3.63) is 70.8 Å². The Kier molecular flexibility index (Phi) is 8.20. The SMILES string of the molecule is CCCCCC(O)c1ccc(C(OCC2CCC(=O)N2)c2cccc(C(=O)O)c2)cc1. The molecule has 0 saturated carbocycles. The predicted octanol–water partition coefficient (Wildman–Crippen LogP) is 4.38. The number of nitrogens with one attached hydrogen (secondary N) is 1. The fourth-order valence-electron chi connectivity index (χ4n) is 3.88. The number of benzene rings is 2. The van der Waals surface area contributed by atoms with Crippen molar-refractivity contribution in [3.8, 4) is 0 Å². The number of carbonyl (C=O) groups excluding carboxylic acids is 1. The van der Waals surface area contributed by atoms with Crippen molar-refractivity contribution in [1.82, 2.24) is 5.32 Å². The highest BCUT2D eigenvalue weighted by Gasteiger charge is 2.24. The molecular formula is C25H31NO5. The van der Waals surface area contributed by atoms with Gasteiger partial charge in [0.25, 0.3) is 0 Å². The molecule has 0 radical (unpaired) electrons. The van der Waals surface area contributed by atoms with E-state index >= 15 is 0 Å². The summed E-state index contributed by atoms with van der Waals surface area (Å²) in [5.41, 5.74) is 2.67. The molecule has 1 fully saturated rings. The van der Waals surface area contributed by atoms with E-state index in [0.29, 0.717) is 13.0 Å². The highest BCUT2D eigenvalue weighted by Crippen LogP contribution is 2.29. The Labute approximate surface area is 183 Å². The van der Waals surface area contributed by atoms with E-state index < -0.39 is 18.2 Å². The summed E-state index contributed by atoms with van der Waals surface area (Å²) in [6.07, 6.45) is 4.19. The third kappa shape index (κ3) is 6.39. The van der Waals surface area contributed by atoms with E-state index in [-0.39, 0.29) is 17.5 Å². The van der Waals surface area contributed by atoms with Gasteiger partial charge in [0.1, 0.15) is 6.10 Å². The topological polar surface area (TPSA) is 95.9 Å². The summed E-state index contributed by atoms with van der Waals surface area (Å²) in [5, 5.41) is 22.7. The zero-order valence-electron chi connectivity index (χ0n) is 17.9. The van der Waals surface area contributed by atoms with Gasteiger partial charge in [0.15, 0.2) is 0 Å². The molecule has 1 heterocycles. The standard InChI is InChI=1S/C25H31NO5/c1-2-3-4-8-22(27)17-9-11-18(12-10-17)24(31-16-21-13-14-23(28)26-21)19-6-5-7-20(15-19)25(29)30/h5-7,9-12,15,21-22,24,27H,2-4,8,13-14,16H2,1H3,(H,26,28)(H,29,30). The molecule has 3 atom stereocenters. The molecule has 6 heteroatoms. The minimum Gasteiger partial charge on any atom is -0.478 e. The number of aliphatic hydroxyl groups excluding tert-OH is 1. The van der Waals surface area contributed by atoms with Gasteiger partial charge in [0.2, 0.25) is 5.91 Å². The molecule has 1 amide bonds. The van der Waals surface area contributed by atoms with Crippen LogP contribution in [-0.2, 0) is 9.53 Å². The van der Waals surface area contributed by atoms with Gasteiger partial charge in [0, 0.05) is 6.42 Å². The summed E-state index contributed by atoms with van der Waals surface area (Å²) in [5.74, 6) is -0.964. The van der Waals surface area contributed by atoms with Gasteiger partial charge in [-0.2, -0.15) is 0 Å². The molecule has 0 spiro atoms. The number of amides is 1. The first kappa shape index (κ1) is 23.0. The molecule has 0 bridgehead atoms. The Hall–Kier alpha value is -2.70. The second-order valence-corrected chi connectivity index (χ2v) is 8.13. The maximum Gasteiger partial charge on any atom is 0.335 e. The maximum atomic E-state index is 11.5. The summed E-state index contributed by atoms with van der Waals surface area (Å²) < 4.78 is 6.19. The average Bonchev–Trinajstić information content (AvgIpc) is 3.19. The molecule has 6 nitrogen and oxygen atoms in total. The fraction of sp³-hybridized carbons (Fsp3) is 0.440. The largest absolute Gasteiger partial charge is 0.478 e. The summed E-state index contributed by atoms with van der Waals surface area (Å²) >= 11 is 0. The average molecular weight is 426 g/mol. The Bertz CT molecular complexity index is 880. The molecule has 1 aliphatic heterocycles. The Morgan fingerprint density at radius 2 is 1.87 bits per heavy atom. The van der Waals surface area contributed by atoms with E-state index in [0.717, 1.165) is 48.8 Å². The number of hydrogen-bond acceptors (Lipinski definition) is 4. The molecule has 3 unspecified atom stereocenters. The highest BCUT2D eigenvalue weighted by atomic mass is 16.5. The van der Waals surface area contributed by atoms with Gasteiger partial charge in [-0.25, -0.2) is 4.79 Å². The number of hydrogen-bond donors (Lipinski definition) is 3. The summed E-state index contributed by atoms with van der Waals surface area (Å²) in [6.45, 7) is 2.48. The Morgan fingerprint density at radius 1 is 1.13 bits per heavy atom. The fourth-order valence-corrected chi connectivity index (χ4v) is 3.88.